The third-order valence-electron chi connectivity index (χ3n) is 3.45. The summed E-state index contributed by atoms with van der Waals surface area (Å²) in [6.07, 6.45) is 5.45. The second kappa shape index (κ2) is 5.79. The molecule has 0 spiro atoms. The van der Waals surface area contributed by atoms with Crippen molar-refractivity contribution in [3.8, 4) is 5.69 Å². The van der Waals surface area contributed by atoms with E-state index in [9.17, 15) is 0 Å². The Morgan fingerprint density at radius 2 is 2.26 bits per heavy atom. The van der Waals surface area contributed by atoms with Crippen molar-refractivity contribution in [2.75, 3.05) is 18.4 Å². The third kappa shape index (κ3) is 2.90. The minimum Gasteiger partial charge on any atom is -0.382 e. The van der Waals surface area contributed by atoms with Crippen molar-refractivity contribution in [2.24, 2.45) is 0 Å². The van der Waals surface area contributed by atoms with E-state index in [0.717, 1.165) is 24.5 Å². The quantitative estimate of drug-likeness (QED) is 0.863. The number of anilines is 1. The van der Waals surface area contributed by atoms with Gasteiger partial charge in [0.1, 0.15) is 6.33 Å². The molecule has 1 atom stereocenters. The van der Waals surface area contributed by atoms with Crippen LogP contribution in [0.1, 0.15) is 19.3 Å². The number of nitrogens with zero attached hydrogens (tertiary/aromatic N) is 4. The highest BCUT2D eigenvalue weighted by molar-refractivity contribution is 5.60. The molecule has 19 heavy (non-hydrogen) atoms. The summed E-state index contributed by atoms with van der Waals surface area (Å²) < 4.78 is 1.68. The molecule has 1 unspecified atom stereocenters. The topological polar surface area (TPSA) is 67.7 Å². The Bertz CT molecular complexity index is 504. The molecule has 1 saturated heterocycles. The van der Waals surface area contributed by atoms with Crippen LogP contribution in [0.5, 0.6) is 0 Å². The predicted octanol–water partition coefficient (Wildman–Crippen LogP) is 1.22. The highest BCUT2D eigenvalue weighted by Gasteiger charge is 2.13. The van der Waals surface area contributed by atoms with Gasteiger partial charge in [-0.25, -0.2) is 0 Å². The van der Waals surface area contributed by atoms with E-state index in [0.29, 0.717) is 6.04 Å². The van der Waals surface area contributed by atoms with Crippen LogP contribution >= 0.6 is 0 Å². The lowest BCUT2D eigenvalue weighted by Crippen LogP contribution is -2.39. The van der Waals surface area contributed by atoms with E-state index < -0.39 is 0 Å². The number of rotatable bonds is 4. The summed E-state index contributed by atoms with van der Waals surface area (Å²) in [6, 6.07) is 8.62. The molecule has 100 valence electrons. The van der Waals surface area contributed by atoms with E-state index >= 15 is 0 Å². The van der Waals surface area contributed by atoms with Crippen molar-refractivity contribution in [2.45, 2.75) is 25.3 Å². The van der Waals surface area contributed by atoms with Crippen LogP contribution in [-0.2, 0) is 0 Å². The van der Waals surface area contributed by atoms with Crippen LogP contribution in [0.25, 0.3) is 5.69 Å². The summed E-state index contributed by atoms with van der Waals surface area (Å²) >= 11 is 0. The summed E-state index contributed by atoms with van der Waals surface area (Å²) in [6.45, 7) is 2.06. The van der Waals surface area contributed by atoms with Crippen molar-refractivity contribution in [3.63, 3.8) is 0 Å². The molecule has 3 rings (SSSR count). The van der Waals surface area contributed by atoms with Crippen molar-refractivity contribution in [3.05, 3.63) is 30.6 Å². The lowest BCUT2D eigenvalue weighted by molar-refractivity contribution is 0.414. The number of para-hydroxylation sites is 2. The molecular formula is C13H18N6. The van der Waals surface area contributed by atoms with Gasteiger partial charge in [0.15, 0.2) is 0 Å². The molecule has 0 aliphatic carbocycles. The van der Waals surface area contributed by atoms with Crippen LogP contribution in [-0.4, -0.2) is 39.3 Å². The monoisotopic (exact) mass is 258 g/mol. The molecule has 2 aromatic rings. The largest absolute Gasteiger partial charge is 0.382 e. The number of hydrogen-bond donors (Lipinski definition) is 2. The van der Waals surface area contributed by atoms with Gasteiger partial charge in [0, 0.05) is 12.6 Å². The Balaban J connectivity index is 1.70. The molecule has 1 aromatic heterocycles. The molecule has 6 heteroatoms. The first kappa shape index (κ1) is 12.1. The van der Waals surface area contributed by atoms with E-state index in [1.54, 1.807) is 11.0 Å². The van der Waals surface area contributed by atoms with Gasteiger partial charge in [-0.05, 0) is 41.9 Å². The highest BCUT2D eigenvalue weighted by atomic mass is 15.5. The molecule has 0 amide bonds. The SMILES string of the molecule is c1ccc(-n2cnnn2)c(NCC2CCCCN2)c1. The van der Waals surface area contributed by atoms with Crippen LogP contribution in [0, 0.1) is 0 Å². The average molecular weight is 258 g/mol. The van der Waals surface area contributed by atoms with E-state index in [1.165, 1.54) is 19.3 Å². The molecule has 0 radical (unpaired) electrons. The smallest absolute Gasteiger partial charge is 0.143 e. The number of piperidine rings is 1. The van der Waals surface area contributed by atoms with Crippen molar-refractivity contribution in [1.29, 1.82) is 0 Å². The van der Waals surface area contributed by atoms with Gasteiger partial charge in [0.05, 0.1) is 11.4 Å². The van der Waals surface area contributed by atoms with Crippen LogP contribution in [0.15, 0.2) is 30.6 Å². The zero-order valence-corrected chi connectivity index (χ0v) is 10.8. The van der Waals surface area contributed by atoms with E-state index in [2.05, 4.69) is 32.2 Å². The average Bonchev–Trinajstić information content (AvgIpc) is 3.01. The molecule has 1 fully saturated rings. The number of aromatic nitrogens is 4. The van der Waals surface area contributed by atoms with Crippen molar-refractivity contribution in [1.82, 2.24) is 25.5 Å². The first-order chi connectivity index (χ1) is 9.43. The van der Waals surface area contributed by atoms with E-state index in [1.807, 2.05) is 18.2 Å². The molecule has 6 nitrogen and oxygen atoms in total. The maximum atomic E-state index is 3.94. The molecule has 1 aliphatic rings. The summed E-state index contributed by atoms with van der Waals surface area (Å²) in [4.78, 5) is 0. The van der Waals surface area contributed by atoms with Gasteiger partial charge in [-0.2, -0.15) is 4.68 Å². The Labute approximate surface area is 112 Å². The third-order valence-corrected chi connectivity index (χ3v) is 3.45. The number of tetrazole rings is 1. The predicted molar refractivity (Wildman–Crippen MR) is 73.3 cm³/mol. The fraction of sp³-hybridized carbons (Fsp3) is 0.462. The normalized spacial score (nSPS) is 19.3. The van der Waals surface area contributed by atoms with E-state index in [4.69, 9.17) is 0 Å². The van der Waals surface area contributed by atoms with Gasteiger partial charge in [-0.3, -0.25) is 0 Å². The Morgan fingerprint density at radius 1 is 1.32 bits per heavy atom. The minimum absolute atomic E-state index is 0.552. The molecule has 1 aromatic carbocycles. The summed E-state index contributed by atoms with van der Waals surface area (Å²) in [7, 11) is 0. The zero-order chi connectivity index (χ0) is 12.9. The fourth-order valence-electron chi connectivity index (χ4n) is 2.43. The molecule has 1 aliphatic heterocycles. The lowest BCUT2D eigenvalue weighted by Gasteiger charge is -2.24. The van der Waals surface area contributed by atoms with Gasteiger partial charge in [0.25, 0.3) is 0 Å². The highest BCUT2D eigenvalue weighted by Crippen LogP contribution is 2.19. The molecular weight excluding hydrogens is 240 g/mol. The standard InChI is InChI=1S/C13H18N6/c1-2-7-13(19-10-16-17-18-19)12(6-1)15-9-11-5-3-4-8-14-11/h1-2,6-7,10-11,14-15H,3-5,8-9H2. The second-order valence-electron chi connectivity index (χ2n) is 4.80. The molecule has 0 bridgehead atoms. The zero-order valence-electron chi connectivity index (χ0n) is 10.8. The lowest BCUT2D eigenvalue weighted by atomic mass is 10.1. The Kier molecular flexibility index (Phi) is 3.69. The Morgan fingerprint density at radius 3 is 3.05 bits per heavy atom. The minimum atomic E-state index is 0.552. The number of hydrogen-bond acceptors (Lipinski definition) is 5. The first-order valence-electron chi connectivity index (χ1n) is 6.73. The fourth-order valence-corrected chi connectivity index (χ4v) is 2.43. The van der Waals surface area contributed by atoms with Gasteiger partial charge >= 0.3 is 0 Å². The maximum absolute atomic E-state index is 3.94. The van der Waals surface area contributed by atoms with Crippen LogP contribution in [0.2, 0.25) is 0 Å². The van der Waals surface area contributed by atoms with Crippen molar-refractivity contribution >= 4 is 5.69 Å². The van der Waals surface area contributed by atoms with Crippen molar-refractivity contribution < 1.29 is 0 Å². The summed E-state index contributed by atoms with van der Waals surface area (Å²) in [5, 5.41) is 18.3. The van der Waals surface area contributed by atoms with Gasteiger partial charge < -0.3 is 10.6 Å². The summed E-state index contributed by atoms with van der Waals surface area (Å²) in [5.74, 6) is 0. The second-order valence-corrected chi connectivity index (χ2v) is 4.80. The van der Waals surface area contributed by atoms with Crippen LogP contribution in [0.3, 0.4) is 0 Å². The maximum Gasteiger partial charge on any atom is 0.143 e. The van der Waals surface area contributed by atoms with Gasteiger partial charge in [-0.15, -0.1) is 5.10 Å². The number of nitrogens with one attached hydrogen (secondary N) is 2. The van der Waals surface area contributed by atoms with E-state index in [-0.39, 0.29) is 0 Å². The molecule has 2 heterocycles. The Hall–Kier alpha value is -1.95. The molecule has 2 N–H and O–H groups in total. The first-order valence-corrected chi connectivity index (χ1v) is 6.73. The number of benzene rings is 1. The molecule has 0 saturated carbocycles. The van der Waals surface area contributed by atoms with Crippen LogP contribution < -0.4 is 10.6 Å². The van der Waals surface area contributed by atoms with Gasteiger partial charge in [0.2, 0.25) is 0 Å². The summed E-state index contributed by atoms with van der Waals surface area (Å²) in [5.41, 5.74) is 2.03. The van der Waals surface area contributed by atoms with Gasteiger partial charge in [-0.1, -0.05) is 18.6 Å². The van der Waals surface area contributed by atoms with Crippen LogP contribution in [0.4, 0.5) is 5.69 Å².